The number of amides is 2. The second kappa shape index (κ2) is 9.81. The Morgan fingerprint density at radius 1 is 0.939 bits per heavy atom. The molecule has 1 heterocycles. The molecule has 0 unspecified atom stereocenters. The molecule has 1 aromatic heterocycles. The highest BCUT2D eigenvalue weighted by Gasteiger charge is 2.31. The first kappa shape index (κ1) is 23.3. The number of aromatic nitrogens is 1. The summed E-state index contributed by atoms with van der Waals surface area (Å²) in [4.78, 5) is 40.1. The Hall–Kier alpha value is -4.41. The highest BCUT2D eigenvalue weighted by Crippen LogP contribution is 2.31. The number of halogens is 3. The minimum atomic E-state index is -4.99. The number of alkyl halides is 3. The number of ether oxygens (including phenoxy) is 1. The zero-order chi connectivity index (χ0) is 24.0. The van der Waals surface area contributed by atoms with E-state index in [1.165, 1.54) is 6.07 Å². The molecule has 0 fully saturated rings. The molecular formula is C22H16F3N3O5. The van der Waals surface area contributed by atoms with E-state index >= 15 is 0 Å². The van der Waals surface area contributed by atoms with Crippen LogP contribution < -0.4 is 15.4 Å². The molecule has 2 amide bonds. The number of nitrogens with one attached hydrogen (secondary N) is 2. The van der Waals surface area contributed by atoms with E-state index in [4.69, 9.17) is 5.11 Å². The van der Waals surface area contributed by atoms with Crippen LogP contribution >= 0.6 is 0 Å². The number of benzene rings is 2. The fraction of sp³-hybridized carbons (Fsp3) is 0.0909. The molecule has 3 N–H and O–H groups in total. The predicted molar refractivity (Wildman–Crippen MR) is 112 cm³/mol. The first-order valence-electron chi connectivity index (χ1n) is 9.35. The standard InChI is InChI=1S/C22H16F3N3O5/c23-22(24,25)33-15-7-8-17(28-21(31)32)18(11-15)27-20(30)12-19(29)14-5-3-4-13(10-14)16-6-1-2-9-26-16/h1-11,28H,12H2,(H,27,30)(H,31,32). The zero-order valence-corrected chi connectivity index (χ0v) is 16.7. The van der Waals surface area contributed by atoms with Crippen molar-refractivity contribution in [2.75, 3.05) is 10.6 Å². The van der Waals surface area contributed by atoms with E-state index in [0.717, 1.165) is 18.2 Å². The van der Waals surface area contributed by atoms with Crippen molar-refractivity contribution in [3.8, 4) is 17.0 Å². The van der Waals surface area contributed by atoms with Crippen molar-refractivity contribution < 1.29 is 37.4 Å². The molecule has 8 nitrogen and oxygen atoms in total. The summed E-state index contributed by atoms with van der Waals surface area (Å²) in [6.07, 6.45) is -5.53. The topological polar surface area (TPSA) is 118 Å². The Kier molecular flexibility index (Phi) is 6.91. The molecule has 170 valence electrons. The second-order valence-electron chi connectivity index (χ2n) is 6.63. The van der Waals surface area contributed by atoms with Crippen molar-refractivity contribution in [2.24, 2.45) is 0 Å². The van der Waals surface area contributed by atoms with E-state index in [2.05, 4.69) is 15.0 Å². The van der Waals surface area contributed by atoms with Gasteiger partial charge in [0.25, 0.3) is 0 Å². The molecule has 2 aromatic carbocycles. The van der Waals surface area contributed by atoms with Crippen LogP contribution in [0.1, 0.15) is 16.8 Å². The van der Waals surface area contributed by atoms with Crippen LogP contribution in [0.2, 0.25) is 0 Å². The van der Waals surface area contributed by atoms with Crippen molar-refractivity contribution in [3.05, 3.63) is 72.4 Å². The van der Waals surface area contributed by atoms with Crippen molar-refractivity contribution in [3.63, 3.8) is 0 Å². The van der Waals surface area contributed by atoms with Crippen LogP contribution in [0.5, 0.6) is 5.75 Å². The Labute approximate surface area is 185 Å². The largest absolute Gasteiger partial charge is 0.573 e. The van der Waals surface area contributed by atoms with Gasteiger partial charge in [-0.3, -0.25) is 19.9 Å². The normalized spacial score (nSPS) is 10.9. The van der Waals surface area contributed by atoms with Crippen LogP contribution in [-0.2, 0) is 4.79 Å². The molecule has 0 aliphatic carbocycles. The summed E-state index contributed by atoms with van der Waals surface area (Å²) in [6, 6.07) is 14.4. The highest BCUT2D eigenvalue weighted by molar-refractivity contribution is 6.12. The van der Waals surface area contributed by atoms with Gasteiger partial charge in [-0.15, -0.1) is 13.2 Å². The van der Waals surface area contributed by atoms with Crippen molar-refractivity contribution in [2.45, 2.75) is 12.8 Å². The number of ketones is 1. The number of hydrogen-bond donors (Lipinski definition) is 3. The average Bonchev–Trinajstić information content (AvgIpc) is 2.75. The number of hydrogen-bond acceptors (Lipinski definition) is 5. The van der Waals surface area contributed by atoms with Crippen LogP contribution in [0.3, 0.4) is 0 Å². The molecule has 0 atom stereocenters. The zero-order valence-electron chi connectivity index (χ0n) is 16.7. The first-order chi connectivity index (χ1) is 15.6. The van der Waals surface area contributed by atoms with Gasteiger partial charge in [-0.05, 0) is 30.3 Å². The maximum absolute atomic E-state index is 12.6. The van der Waals surface area contributed by atoms with E-state index in [0.29, 0.717) is 11.3 Å². The van der Waals surface area contributed by atoms with Crippen molar-refractivity contribution >= 4 is 29.2 Å². The van der Waals surface area contributed by atoms with Crippen LogP contribution in [0.25, 0.3) is 11.3 Å². The molecule has 0 saturated carbocycles. The predicted octanol–water partition coefficient (Wildman–Crippen LogP) is 4.95. The number of carboxylic acid groups (broad SMARTS) is 1. The van der Waals surface area contributed by atoms with E-state index in [9.17, 15) is 27.6 Å². The summed E-state index contributed by atoms with van der Waals surface area (Å²) in [5.41, 5.74) is 1.01. The number of carbonyl (C=O) groups is 3. The first-order valence-corrected chi connectivity index (χ1v) is 9.35. The Morgan fingerprint density at radius 3 is 2.39 bits per heavy atom. The number of pyridine rings is 1. The average molecular weight is 459 g/mol. The van der Waals surface area contributed by atoms with Crippen LogP contribution in [0.4, 0.5) is 29.3 Å². The van der Waals surface area contributed by atoms with Crippen LogP contribution in [-0.4, -0.2) is 34.2 Å². The summed E-state index contributed by atoms with van der Waals surface area (Å²) in [5, 5.41) is 13.1. The molecule has 0 radical (unpaired) electrons. The summed E-state index contributed by atoms with van der Waals surface area (Å²) >= 11 is 0. The summed E-state index contributed by atoms with van der Waals surface area (Å²) < 4.78 is 41.3. The Bertz CT molecular complexity index is 1180. The van der Waals surface area contributed by atoms with Gasteiger partial charge < -0.3 is 15.2 Å². The molecular weight excluding hydrogens is 443 g/mol. The fourth-order valence-electron chi connectivity index (χ4n) is 2.88. The third-order valence-corrected chi connectivity index (χ3v) is 4.21. The second-order valence-corrected chi connectivity index (χ2v) is 6.63. The highest BCUT2D eigenvalue weighted by atomic mass is 19.4. The van der Waals surface area contributed by atoms with Gasteiger partial charge in [0.15, 0.2) is 5.78 Å². The van der Waals surface area contributed by atoms with Gasteiger partial charge in [-0.1, -0.05) is 24.3 Å². The Balaban J connectivity index is 1.76. The van der Waals surface area contributed by atoms with Gasteiger partial charge in [0.05, 0.1) is 23.5 Å². The van der Waals surface area contributed by atoms with Gasteiger partial charge in [0, 0.05) is 23.4 Å². The molecule has 11 heteroatoms. The minimum absolute atomic E-state index is 0.199. The smallest absolute Gasteiger partial charge is 0.465 e. The van der Waals surface area contributed by atoms with Crippen molar-refractivity contribution in [1.82, 2.24) is 4.98 Å². The van der Waals surface area contributed by atoms with Gasteiger partial charge in [-0.25, -0.2) is 4.79 Å². The SMILES string of the molecule is O=C(O)Nc1ccc(OC(F)(F)F)cc1NC(=O)CC(=O)c1cccc(-c2ccccn2)c1. The fourth-order valence-corrected chi connectivity index (χ4v) is 2.88. The van der Waals surface area contributed by atoms with Crippen LogP contribution in [0.15, 0.2) is 66.9 Å². The van der Waals surface area contributed by atoms with E-state index in [1.54, 1.807) is 42.6 Å². The third kappa shape index (κ3) is 6.79. The van der Waals surface area contributed by atoms with Gasteiger partial charge >= 0.3 is 12.5 Å². The molecule has 33 heavy (non-hydrogen) atoms. The number of rotatable bonds is 7. The minimum Gasteiger partial charge on any atom is -0.465 e. The van der Waals surface area contributed by atoms with E-state index < -0.39 is 36.3 Å². The van der Waals surface area contributed by atoms with E-state index in [-0.39, 0.29) is 16.9 Å². The van der Waals surface area contributed by atoms with Gasteiger partial charge in [0.2, 0.25) is 5.91 Å². The molecule has 3 rings (SSSR count). The maximum Gasteiger partial charge on any atom is 0.573 e. The van der Waals surface area contributed by atoms with Crippen molar-refractivity contribution in [1.29, 1.82) is 0 Å². The number of Topliss-reactive ketones (excluding diaryl/α,β-unsaturated/α-hetero) is 1. The molecule has 0 bridgehead atoms. The third-order valence-electron chi connectivity index (χ3n) is 4.21. The molecule has 0 saturated heterocycles. The quantitative estimate of drug-likeness (QED) is 0.340. The summed E-state index contributed by atoms with van der Waals surface area (Å²) in [6.45, 7) is 0. The van der Waals surface area contributed by atoms with E-state index in [1.807, 2.05) is 5.32 Å². The van der Waals surface area contributed by atoms with Gasteiger partial charge in [0.1, 0.15) is 5.75 Å². The lowest BCUT2D eigenvalue weighted by Crippen LogP contribution is -2.20. The number of anilines is 2. The summed E-state index contributed by atoms with van der Waals surface area (Å²) in [5.74, 6) is -2.09. The lowest BCUT2D eigenvalue weighted by atomic mass is 10.0. The monoisotopic (exact) mass is 459 g/mol. The van der Waals surface area contributed by atoms with Crippen LogP contribution in [0, 0.1) is 0 Å². The number of nitrogens with zero attached hydrogens (tertiary/aromatic N) is 1. The molecule has 3 aromatic rings. The lowest BCUT2D eigenvalue weighted by Gasteiger charge is -2.14. The lowest BCUT2D eigenvalue weighted by molar-refractivity contribution is -0.274. The Morgan fingerprint density at radius 2 is 1.73 bits per heavy atom. The molecule has 0 aliphatic heterocycles. The molecule has 0 spiro atoms. The molecule has 0 aliphatic rings. The van der Waals surface area contributed by atoms with Gasteiger partial charge in [-0.2, -0.15) is 0 Å². The maximum atomic E-state index is 12.6. The summed E-state index contributed by atoms with van der Waals surface area (Å²) in [7, 11) is 0. The number of carbonyl (C=O) groups excluding carboxylic acids is 2.